The number of nitrogens with zero attached hydrogens (tertiary/aromatic N) is 1. The first kappa shape index (κ1) is 15.1. The third-order valence-corrected chi connectivity index (χ3v) is 3.60. The van der Waals surface area contributed by atoms with Crippen LogP contribution in [0.25, 0.3) is 0 Å². The third-order valence-electron chi connectivity index (χ3n) is 3.60. The molecule has 2 rings (SSSR count). The highest BCUT2D eigenvalue weighted by molar-refractivity contribution is 5.87. The Bertz CT molecular complexity index is 569. The molecule has 0 saturated carbocycles. The quantitative estimate of drug-likeness (QED) is 0.330. The fraction of sp³-hybridized carbons (Fsp3) is 0.235. The van der Waals surface area contributed by atoms with Gasteiger partial charge < -0.3 is 16.3 Å². The fourth-order valence-corrected chi connectivity index (χ4v) is 2.30. The van der Waals surface area contributed by atoms with E-state index in [0.29, 0.717) is 6.54 Å². The van der Waals surface area contributed by atoms with Crippen molar-refractivity contribution in [3.05, 3.63) is 71.8 Å². The predicted octanol–water partition coefficient (Wildman–Crippen LogP) is 2.87. The summed E-state index contributed by atoms with van der Waals surface area (Å²) in [5.74, 6) is 0.0660. The first-order valence-corrected chi connectivity index (χ1v) is 7.03. The summed E-state index contributed by atoms with van der Waals surface area (Å²) in [7, 11) is 0. The zero-order chi connectivity index (χ0) is 15.1. The highest BCUT2D eigenvalue weighted by Gasteiger charge is 2.17. The zero-order valence-electron chi connectivity index (χ0n) is 12.1. The van der Waals surface area contributed by atoms with Crippen LogP contribution in [0.5, 0.6) is 0 Å². The molecule has 4 N–H and O–H groups in total. The first-order valence-electron chi connectivity index (χ1n) is 7.03. The number of nitrogens with two attached hydrogens (primary N) is 1. The summed E-state index contributed by atoms with van der Waals surface area (Å²) in [6.45, 7) is 2.71. The summed E-state index contributed by atoms with van der Waals surface area (Å²) in [4.78, 5) is 0. The molecule has 2 aromatic carbocycles. The smallest absolute Gasteiger partial charge is 0.147 e. The summed E-state index contributed by atoms with van der Waals surface area (Å²) in [5, 5.41) is 15.6. The molecule has 0 amide bonds. The third kappa shape index (κ3) is 4.07. The average molecular weight is 283 g/mol. The van der Waals surface area contributed by atoms with Crippen molar-refractivity contribution in [2.45, 2.75) is 18.9 Å². The molecule has 110 valence electrons. The largest absolute Gasteiger partial charge is 0.409 e. The second-order valence-electron chi connectivity index (χ2n) is 5.03. The van der Waals surface area contributed by atoms with Crippen LogP contribution < -0.4 is 11.1 Å². The van der Waals surface area contributed by atoms with Gasteiger partial charge in [-0.15, -0.1) is 0 Å². The van der Waals surface area contributed by atoms with E-state index in [9.17, 15) is 0 Å². The van der Waals surface area contributed by atoms with Gasteiger partial charge in [-0.2, -0.15) is 0 Å². The van der Waals surface area contributed by atoms with E-state index in [-0.39, 0.29) is 17.8 Å². The molecule has 2 atom stereocenters. The predicted molar refractivity (Wildman–Crippen MR) is 85.5 cm³/mol. The molecular weight excluding hydrogens is 262 g/mol. The summed E-state index contributed by atoms with van der Waals surface area (Å²) < 4.78 is 0. The van der Waals surface area contributed by atoms with Crippen LogP contribution in [0.4, 0.5) is 0 Å². The average Bonchev–Trinajstić information content (AvgIpc) is 2.56. The maximum Gasteiger partial charge on any atom is 0.147 e. The van der Waals surface area contributed by atoms with E-state index in [0.717, 1.165) is 5.56 Å². The summed E-state index contributed by atoms with van der Waals surface area (Å²) in [6.07, 6.45) is 0. The van der Waals surface area contributed by atoms with E-state index in [2.05, 4.69) is 29.5 Å². The molecule has 0 bridgehead atoms. The molecule has 2 aromatic rings. The van der Waals surface area contributed by atoms with Gasteiger partial charge in [0.25, 0.3) is 0 Å². The molecule has 0 saturated heterocycles. The number of hydrogen-bond donors (Lipinski definition) is 3. The molecule has 21 heavy (non-hydrogen) atoms. The van der Waals surface area contributed by atoms with Crippen molar-refractivity contribution in [1.29, 1.82) is 0 Å². The maximum absolute atomic E-state index is 8.98. The van der Waals surface area contributed by atoms with Crippen LogP contribution in [0.2, 0.25) is 0 Å². The fourth-order valence-electron chi connectivity index (χ4n) is 2.30. The Kier molecular flexibility index (Phi) is 5.35. The van der Waals surface area contributed by atoms with Gasteiger partial charge in [0.2, 0.25) is 0 Å². The summed E-state index contributed by atoms with van der Waals surface area (Å²) in [6, 6.07) is 20.2. The Hall–Kier alpha value is -2.33. The standard InChI is InChI=1S/C17H21N3O/c1-13(14-8-4-2-5-9-14)19-12-16(17(18)20-21)15-10-6-3-7-11-15/h2-11,13,16,19,21H,12H2,1H3,(H2,18,20)/t13-,16?/m0/s1. The van der Waals surface area contributed by atoms with E-state index in [1.165, 1.54) is 5.56 Å². The normalized spacial score (nSPS) is 14.6. The van der Waals surface area contributed by atoms with Crippen LogP contribution in [0.1, 0.15) is 30.0 Å². The van der Waals surface area contributed by atoms with Crippen LogP contribution in [0.15, 0.2) is 65.8 Å². The van der Waals surface area contributed by atoms with Gasteiger partial charge in [-0.25, -0.2) is 0 Å². The molecule has 0 aliphatic rings. The van der Waals surface area contributed by atoms with Crippen molar-refractivity contribution < 1.29 is 5.21 Å². The monoisotopic (exact) mass is 283 g/mol. The van der Waals surface area contributed by atoms with Gasteiger partial charge in [0.05, 0.1) is 5.92 Å². The molecule has 0 radical (unpaired) electrons. The van der Waals surface area contributed by atoms with Crippen LogP contribution in [-0.2, 0) is 0 Å². The van der Waals surface area contributed by atoms with Crippen molar-refractivity contribution >= 4 is 5.84 Å². The summed E-state index contributed by atoms with van der Waals surface area (Å²) >= 11 is 0. The van der Waals surface area contributed by atoms with Crippen molar-refractivity contribution in [2.24, 2.45) is 10.9 Å². The lowest BCUT2D eigenvalue weighted by Crippen LogP contribution is -2.32. The van der Waals surface area contributed by atoms with Gasteiger partial charge >= 0.3 is 0 Å². The zero-order valence-corrected chi connectivity index (χ0v) is 12.1. The number of rotatable bonds is 6. The minimum absolute atomic E-state index is 0.151. The number of hydrogen-bond acceptors (Lipinski definition) is 3. The minimum Gasteiger partial charge on any atom is -0.409 e. The van der Waals surface area contributed by atoms with E-state index < -0.39 is 0 Å². The molecule has 0 fully saturated rings. The second kappa shape index (κ2) is 7.45. The Balaban J connectivity index is 2.07. The Morgan fingerprint density at radius 3 is 2.10 bits per heavy atom. The summed E-state index contributed by atoms with van der Waals surface area (Å²) in [5.41, 5.74) is 8.07. The molecule has 1 unspecified atom stereocenters. The maximum atomic E-state index is 8.98. The van der Waals surface area contributed by atoms with Crippen molar-refractivity contribution in [3.63, 3.8) is 0 Å². The van der Waals surface area contributed by atoms with Crippen molar-refractivity contribution in [2.75, 3.05) is 6.54 Å². The topological polar surface area (TPSA) is 70.6 Å². The van der Waals surface area contributed by atoms with Gasteiger partial charge in [0.15, 0.2) is 0 Å². The highest BCUT2D eigenvalue weighted by atomic mass is 16.4. The molecule has 4 heteroatoms. The molecule has 0 aliphatic heterocycles. The molecule has 4 nitrogen and oxygen atoms in total. The Morgan fingerprint density at radius 1 is 1.05 bits per heavy atom. The van der Waals surface area contributed by atoms with Gasteiger partial charge in [-0.05, 0) is 18.1 Å². The first-order chi connectivity index (χ1) is 10.2. The van der Waals surface area contributed by atoms with E-state index in [1.54, 1.807) is 0 Å². The van der Waals surface area contributed by atoms with Gasteiger partial charge in [0, 0.05) is 12.6 Å². The van der Waals surface area contributed by atoms with Crippen LogP contribution in [0.3, 0.4) is 0 Å². The number of nitrogens with one attached hydrogen (secondary N) is 1. The Labute approximate surface area is 125 Å². The highest BCUT2D eigenvalue weighted by Crippen LogP contribution is 2.17. The molecular formula is C17H21N3O. The van der Waals surface area contributed by atoms with Crippen LogP contribution in [0, 0.1) is 0 Å². The lowest BCUT2D eigenvalue weighted by Gasteiger charge is -2.20. The van der Waals surface area contributed by atoms with Crippen LogP contribution >= 0.6 is 0 Å². The van der Waals surface area contributed by atoms with Crippen molar-refractivity contribution in [3.8, 4) is 0 Å². The SMILES string of the molecule is C[C@H](NCC(C(N)=NO)c1ccccc1)c1ccccc1. The molecule has 0 aliphatic carbocycles. The van der Waals surface area contributed by atoms with E-state index >= 15 is 0 Å². The number of amidine groups is 1. The van der Waals surface area contributed by atoms with Crippen molar-refractivity contribution in [1.82, 2.24) is 5.32 Å². The minimum atomic E-state index is -0.151. The number of benzene rings is 2. The second-order valence-corrected chi connectivity index (χ2v) is 5.03. The van der Waals surface area contributed by atoms with E-state index in [4.69, 9.17) is 10.9 Å². The van der Waals surface area contributed by atoms with Gasteiger partial charge in [0.1, 0.15) is 5.84 Å². The Morgan fingerprint density at radius 2 is 1.57 bits per heavy atom. The lowest BCUT2D eigenvalue weighted by molar-refractivity contribution is 0.315. The van der Waals surface area contributed by atoms with E-state index in [1.807, 2.05) is 48.5 Å². The molecule has 0 aromatic heterocycles. The van der Waals surface area contributed by atoms with Gasteiger partial charge in [-0.1, -0.05) is 65.8 Å². The molecule has 0 heterocycles. The molecule has 0 spiro atoms. The number of oxime groups is 1. The van der Waals surface area contributed by atoms with Crippen LogP contribution in [-0.4, -0.2) is 17.6 Å². The lowest BCUT2D eigenvalue weighted by atomic mass is 9.97. The van der Waals surface area contributed by atoms with Gasteiger partial charge in [-0.3, -0.25) is 0 Å².